The Morgan fingerprint density at radius 3 is 0.951 bits per heavy atom. The Bertz CT molecular complexity index is 496. The summed E-state index contributed by atoms with van der Waals surface area (Å²) in [5, 5.41) is 0. The fraction of sp³-hybridized carbons (Fsp3) is 0.974. The second-order valence-electron chi connectivity index (χ2n) is 13.2. The van der Waals surface area contributed by atoms with E-state index in [0.717, 1.165) is 32.1 Å². The lowest BCUT2D eigenvalue weighted by atomic mass is 9.93. The van der Waals surface area contributed by atoms with Crippen LogP contribution in [0.4, 0.5) is 0 Å². The first-order chi connectivity index (χ1) is 20.1. The molecule has 0 fully saturated rings. The molecule has 3 heteroatoms. The molecule has 0 N–H and O–H groups in total. The van der Waals surface area contributed by atoms with Gasteiger partial charge in [0.2, 0.25) is 0 Å². The second kappa shape index (κ2) is 32.7. The Morgan fingerprint density at radius 1 is 0.415 bits per heavy atom. The van der Waals surface area contributed by atoms with Crippen LogP contribution in [-0.2, 0) is 9.53 Å². The summed E-state index contributed by atoms with van der Waals surface area (Å²) < 4.78 is 5.26. The van der Waals surface area contributed by atoms with E-state index in [2.05, 4.69) is 20.8 Å². The highest BCUT2D eigenvalue weighted by Crippen LogP contribution is 2.31. The van der Waals surface area contributed by atoms with Crippen molar-refractivity contribution in [1.82, 2.24) is 0 Å². The second-order valence-corrected chi connectivity index (χ2v) is 14.1. The number of hydrogen-bond acceptors (Lipinski definition) is 3. The van der Waals surface area contributed by atoms with E-state index >= 15 is 0 Å². The number of ether oxygens (including phenoxy) is 1. The third kappa shape index (κ3) is 28.4. The van der Waals surface area contributed by atoms with E-state index in [1.54, 1.807) is 0 Å². The lowest BCUT2D eigenvalue weighted by Crippen LogP contribution is -2.35. The van der Waals surface area contributed by atoms with E-state index in [1.165, 1.54) is 173 Å². The molecule has 0 spiro atoms. The van der Waals surface area contributed by atoms with Crippen molar-refractivity contribution in [1.29, 1.82) is 0 Å². The molecule has 246 valence electrons. The van der Waals surface area contributed by atoms with Crippen LogP contribution in [0.1, 0.15) is 226 Å². The molecular weight excluding hydrogens is 520 g/mol. The molecule has 41 heavy (non-hydrogen) atoms. The predicted molar refractivity (Wildman–Crippen MR) is 187 cm³/mol. The minimum atomic E-state index is -0.585. The standard InChI is InChI=1S/C38H76O2S/c1-4-7-10-13-16-19-22-25-28-31-34-38(41,35-32-29-26-23-20-17-14-11-8-5-2)37(39)40-36-33-30-27-24-21-18-15-12-9-6-3/h41H,4-36H2,1-3H3. The van der Waals surface area contributed by atoms with Crippen LogP contribution in [0.25, 0.3) is 0 Å². The predicted octanol–water partition coefficient (Wildman–Crippen LogP) is 13.7. The molecule has 0 atom stereocenters. The van der Waals surface area contributed by atoms with Gasteiger partial charge in [0.1, 0.15) is 4.75 Å². The number of esters is 1. The number of carbonyl (C=O) groups is 1. The maximum Gasteiger partial charge on any atom is 0.321 e. The van der Waals surface area contributed by atoms with Gasteiger partial charge in [-0.3, -0.25) is 4.79 Å². The van der Waals surface area contributed by atoms with E-state index < -0.39 is 4.75 Å². The van der Waals surface area contributed by atoms with Gasteiger partial charge in [0, 0.05) is 0 Å². The zero-order valence-electron chi connectivity index (χ0n) is 28.6. The first-order valence-corrected chi connectivity index (χ1v) is 19.4. The summed E-state index contributed by atoms with van der Waals surface area (Å²) in [6, 6.07) is 0. The van der Waals surface area contributed by atoms with Gasteiger partial charge < -0.3 is 4.74 Å². The maximum atomic E-state index is 13.2. The van der Waals surface area contributed by atoms with Gasteiger partial charge in [-0.1, -0.05) is 207 Å². The van der Waals surface area contributed by atoms with Crippen molar-refractivity contribution in [3.63, 3.8) is 0 Å². The van der Waals surface area contributed by atoms with Crippen molar-refractivity contribution in [3.05, 3.63) is 0 Å². The molecule has 0 aliphatic rings. The van der Waals surface area contributed by atoms with E-state index in [-0.39, 0.29) is 5.97 Å². The summed E-state index contributed by atoms with van der Waals surface area (Å²) in [5.41, 5.74) is 0. The van der Waals surface area contributed by atoms with Gasteiger partial charge in [-0.05, 0) is 19.3 Å². The van der Waals surface area contributed by atoms with E-state index in [0.29, 0.717) is 6.61 Å². The van der Waals surface area contributed by atoms with E-state index in [4.69, 9.17) is 17.4 Å². The largest absolute Gasteiger partial charge is 0.465 e. The lowest BCUT2D eigenvalue weighted by molar-refractivity contribution is -0.147. The average molecular weight is 597 g/mol. The SMILES string of the molecule is CCCCCCCCCCCCOC(=O)C(S)(CCCCCCCCCCCC)CCCCCCCCCCCC. The summed E-state index contributed by atoms with van der Waals surface area (Å²) in [6.07, 6.45) is 41.3. The molecule has 0 aromatic heterocycles. The van der Waals surface area contributed by atoms with Crippen molar-refractivity contribution in [2.45, 2.75) is 231 Å². The highest BCUT2D eigenvalue weighted by molar-refractivity contribution is 7.82. The van der Waals surface area contributed by atoms with Crippen LogP contribution in [0.15, 0.2) is 0 Å². The summed E-state index contributed by atoms with van der Waals surface area (Å²) in [5.74, 6) is -0.0383. The van der Waals surface area contributed by atoms with Gasteiger partial charge in [-0.2, -0.15) is 12.6 Å². The van der Waals surface area contributed by atoms with Crippen LogP contribution in [0, 0.1) is 0 Å². The maximum absolute atomic E-state index is 13.2. The Morgan fingerprint density at radius 2 is 0.659 bits per heavy atom. The summed E-state index contributed by atoms with van der Waals surface area (Å²) in [4.78, 5) is 13.2. The monoisotopic (exact) mass is 597 g/mol. The van der Waals surface area contributed by atoms with Crippen molar-refractivity contribution in [2.75, 3.05) is 6.61 Å². The molecule has 0 aromatic rings. The molecule has 0 saturated heterocycles. The Balaban J connectivity index is 4.23. The van der Waals surface area contributed by atoms with Crippen molar-refractivity contribution >= 4 is 18.6 Å². The van der Waals surface area contributed by atoms with Gasteiger partial charge in [0.15, 0.2) is 0 Å². The van der Waals surface area contributed by atoms with Crippen LogP contribution in [0.5, 0.6) is 0 Å². The highest BCUT2D eigenvalue weighted by Gasteiger charge is 2.35. The molecule has 0 saturated carbocycles. The number of hydrogen-bond donors (Lipinski definition) is 1. The molecule has 0 aliphatic carbocycles. The summed E-state index contributed by atoms with van der Waals surface area (Å²) >= 11 is 5.03. The first-order valence-electron chi connectivity index (χ1n) is 19.0. The molecule has 0 bridgehead atoms. The summed E-state index contributed by atoms with van der Waals surface area (Å²) in [6.45, 7) is 7.42. The van der Waals surface area contributed by atoms with Gasteiger partial charge in [0.25, 0.3) is 0 Å². The Hall–Kier alpha value is -0.180. The molecule has 0 unspecified atom stereocenters. The zero-order chi connectivity index (χ0) is 30.1. The number of unbranched alkanes of at least 4 members (excludes halogenated alkanes) is 27. The summed E-state index contributed by atoms with van der Waals surface area (Å²) in [7, 11) is 0. The van der Waals surface area contributed by atoms with Crippen LogP contribution in [0.2, 0.25) is 0 Å². The van der Waals surface area contributed by atoms with Crippen molar-refractivity contribution < 1.29 is 9.53 Å². The quantitative estimate of drug-likeness (QED) is 0.0454. The molecule has 0 heterocycles. The normalized spacial score (nSPS) is 11.8. The molecule has 0 radical (unpaired) electrons. The van der Waals surface area contributed by atoms with Gasteiger partial charge in [0.05, 0.1) is 6.61 Å². The Kier molecular flexibility index (Phi) is 32.6. The minimum absolute atomic E-state index is 0.0383. The van der Waals surface area contributed by atoms with Gasteiger partial charge in [-0.15, -0.1) is 0 Å². The highest BCUT2D eigenvalue weighted by atomic mass is 32.1. The van der Waals surface area contributed by atoms with Crippen molar-refractivity contribution in [2.24, 2.45) is 0 Å². The van der Waals surface area contributed by atoms with Gasteiger partial charge >= 0.3 is 5.97 Å². The Labute approximate surface area is 265 Å². The first kappa shape index (κ1) is 40.8. The smallest absolute Gasteiger partial charge is 0.321 e. The number of rotatable bonds is 34. The van der Waals surface area contributed by atoms with Crippen molar-refractivity contribution in [3.8, 4) is 0 Å². The molecule has 0 rings (SSSR count). The molecule has 0 aliphatic heterocycles. The van der Waals surface area contributed by atoms with Crippen LogP contribution in [-0.4, -0.2) is 17.3 Å². The molecule has 0 aromatic carbocycles. The fourth-order valence-electron chi connectivity index (χ4n) is 6.03. The fourth-order valence-corrected chi connectivity index (χ4v) is 6.41. The van der Waals surface area contributed by atoms with Crippen LogP contribution >= 0.6 is 12.6 Å². The van der Waals surface area contributed by atoms with E-state index in [1.807, 2.05) is 0 Å². The zero-order valence-corrected chi connectivity index (χ0v) is 29.5. The van der Waals surface area contributed by atoms with Gasteiger partial charge in [-0.25, -0.2) is 0 Å². The van der Waals surface area contributed by atoms with Crippen LogP contribution in [0.3, 0.4) is 0 Å². The molecule has 2 nitrogen and oxygen atoms in total. The molecule has 0 amide bonds. The lowest BCUT2D eigenvalue weighted by Gasteiger charge is -2.26. The number of carbonyl (C=O) groups excluding carboxylic acids is 1. The third-order valence-electron chi connectivity index (χ3n) is 9.00. The van der Waals surface area contributed by atoms with Crippen LogP contribution < -0.4 is 0 Å². The van der Waals surface area contributed by atoms with E-state index in [9.17, 15) is 4.79 Å². The topological polar surface area (TPSA) is 26.3 Å². The minimum Gasteiger partial charge on any atom is -0.465 e. The average Bonchev–Trinajstić information content (AvgIpc) is 2.97. The number of thiol groups is 1. The molecular formula is C38H76O2S. The third-order valence-corrected chi connectivity index (χ3v) is 9.63.